The first-order chi connectivity index (χ1) is 9.63. The molecule has 3 heterocycles. The number of nitrogens with zero attached hydrogens (tertiary/aromatic N) is 3. The van der Waals surface area contributed by atoms with E-state index in [1.165, 1.54) is 0 Å². The Balaban J connectivity index is 1.83. The van der Waals surface area contributed by atoms with Gasteiger partial charge in [0.1, 0.15) is 11.6 Å². The zero-order valence-electron chi connectivity index (χ0n) is 11.6. The summed E-state index contributed by atoms with van der Waals surface area (Å²) >= 11 is 0. The highest BCUT2D eigenvalue weighted by Crippen LogP contribution is 2.15. The molecule has 1 saturated heterocycles. The predicted molar refractivity (Wildman–Crippen MR) is 76.7 cm³/mol. The van der Waals surface area contributed by atoms with Gasteiger partial charge in [0.25, 0.3) is 0 Å². The van der Waals surface area contributed by atoms with Gasteiger partial charge in [-0.1, -0.05) is 0 Å². The number of fused-ring (bicyclic) bond motifs is 1. The Hall–Kier alpha value is -2.15. The Bertz CT molecular complexity index is 635. The molecule has 0 saturated carbocycles. The second-order valence-electron chi connectivity index (χ2n) is 5.12. The Kier molecular flexibility index (Phi) is 3.27. The van der Waals surface area contributed by atoms with Gasteiger partial charge in [0, 0.05) is 33.6 Å². The topological polar surface area (TPSA) is 85.9 Å². The molecule has 1 unspecified atom stereocenters. The number of aromatic amines is 1. The number of carbonyl (C=O) groups is 1. The molecule has 106 valence electrons. The van der Waals surface area contributed by atoms with Crippen LogP contribution in [0.25, 0.3) is 11.2 Å². The molecule has 2 aromatic rings. The third kappa shape index (κ3) is 2.44. The summed E-state index contributed by atoms with van der Waals surface area (Å²) in [6, 6.07) is 3.68. The first-order valence-electron chi connectivity index (χ1n) is 6.67. The second-order valence-corrected chi connectivity index (χ2v) is 5.12. The first-order valence-corrected chi connectivity index (χ1v) is 6.67. The molecule has 20 heavy (non-hydrogen) atoms. The van der Waals surface area contributed by atoms with Gasteiger partial charge in [0.05, 0.1) is 11.6 Å². The van der Waals surface area contributed by atoms with Gasteiger partial charge in [0.15, 0.2) is 5.65 Å². The molecule has 0 bridgehead atoms. The maximum Gasteiger partial charge on any atom is 0.237 e. The fraction of sp³-hybridized carbons (Fsp3) is 0.462. The number of imidazole rings is 1. The Morgan fingerprint density at radius 1 is 1.30 bits per heavy atom. The molecule has 0 aromatic carbocycles. The van der Waals surface area contributed by atoms with E-state index in [1.807, 2.05) is 31.1 Å². The number of hydrogen-bond acceptors (Lipinski definition) is 5. The van der Waals surface area contributed by atoms with Crippen molar-refractivity contribution in [3.05, 3.63) is 18.0 Å². The summed E-state index contributed by atoms with van der Waals surface area (Å²) in [5.74, 6) is 1.67. The van der Waals surface area contributed by atoms with Crippen molar-refractivity contribution < 1.29 is 4.79 Å². The molecule has 3 N–H and O–H groups in total. The number of nitrogens with one attached hydrogen (secondary N) is 3. The molecule has 1 amide bonds. The van der Waals surface area contributed by atoms with Crippen LogP contribution in [0.5, 0.6) is 0 Å². The number of H-pyrrole nitrogens is 1. The van der Waals surface area contributed by atoms with E-state index in [0.29, 0.717) is 18.6 Å². The van der Waals surface area contributed by atoms with Gasteiger partial charge >= 0.3 is 0 Å². The minimum atomic E-state index is -0.224. The lowest BCUT2D eigenvalue weighted by Crippen LogP contribution is -2.53. The van der Waals surface area contributed by atoms with E-state index in [4.69, 9.17) is 0 Å². The van der Waals surface area contributed by atoms with Crippen LogP contribution in [-0.2, 0) is 11.2 Å². The zero-order chi connectivity index (χ0) is 14.1. The van der Waals surface area contributed by atoms with Crippen molar-refractivity contribution in [3.63, 3.8) is 0 Å². The maximum atomic E-state index is 11.7. The highest BCUT2D eigenvalue weighted by molar-refractivity contribution is 5.83. The van der Waals surface area contributed by atoms with Crippen molar-refractivity contribution in [1.29, 1.82) is 0 Å². The van der Waals surface area contributed by atoms with E-state index < -0.39 is 0 Å². The van der Waals surface area contributed by atoms with E-state index in [0.717, 1.165) is 23.7 Å². The largest absolute Gasteiger partial charge is 0.363 e. The maximum absolute atomic E-state index is 11.7. The number of pyridine rings is 1. The minimum Gasteiger partial charge on any atom is -0.363 e. The summed E-state index contributed by atoms with van der Waals surface area (Å²) < 4.78 is 0. The van der Waals surface area contributed by atoms with Gasteiger partial charge < -0.3 is 20.5 Å². The van der Waals surface area contributed by atoms with E-state index >= 15 is 0 Å². The lowest BCUT2D eigenvalue weighted by Gasteiger charge is -2.22. The molecular weight excluding hydrogens is 256 g/mol. The van der Waals surface area contributed by atoms with Crippen molar-refractivity contribution in [1.82, 2.24) is 25.6 Å². The Morgan fingerprint density at radius 2 is 2.15 bits per heavy atom. The summed E-state index contributed by atoms with van der Waals surface area (Å²) in [5, 5.41) is 6.04. The standard InChI is InChI=1S/C13H18N6O/c1-19(2)11-4-3-8-12(18-11)17-10(16-8)7-9-13(20)15-6-5-14-9/h3-4,9,14H,5-7H2,1-2H3,(H,15,20)(H,16,17,18). The number of piperazine rings is 1. The Labute approximate surface area is 116 Å². The van der Waals surface area contributed by atoms with Crippen LogP contribution in [-0.4, -0.2) is 54.1 Å². The van der Waals surface area contributed by atoms with Crippen molar-refractivity contribution in [3.8, 4) is 0 Å². The fourth-order valence-corrected chi connectivity index (χ4v) is 2.28. The number of rotatable bonds is 3. The van der Waals surface area contributed by atoms with Gasteiger partial charge in [-0.25, -0.2) is 9.97 Å². The van der Waals surface area contributed by atoms with Crippen LogP contribution < -0.4 is 15.5 Å². The van der Waals surface area contributed by atoms with Gasteiger partial charge in [-0.2, -0.15) is 0 Å². The smallest absolute Gasteiger partial charge is 0.237 e. The second kappa shape index (κ2) is 5.09. The molecule has 1 fully saturated rings. The van der Waals surface area contributed by atoms with Crippen molar-refractivity contribution >= 4 is 22.9 Å². The lowest BCUT2D eigenvalue weighted by atomic mass is 10.1. The summed E-state index contributed by atoms with van der Waals surface area (Å²) in [6.45, 7) is 1.48. The molecule has 0 aliphatic carbocycles. The summed E-state index contributed by atoms with van der Waals surface area (Å²) in [4.78, 5) is 25.8. The summed E-state index contributed by atoms with van der Waals surface area (Å²) in [7, 11) is 3.88. The molecule has 2 aromatic heterocycles. The lowest BCUT2D eigenvalue weighted by molar-refractivity contribution is -0.124. The van der Waals surface area contributed by atoms with E-state index in [-0.39, 0.29) is 11.9 Å². The van der Waals surface area contributed by atoms with Crippen LogP contribution in [0, 0.1) is 0 Å². The van der Waals surface area contributed by atoms with Gasteiger partial charge in [-0.15, -0.1) is 0 Å². The van der Waals surface area contributed by atoms with Crippen LogP contribution in [0.1, 0.15) is 5.82 Å². The van der Waals surface area contributed by atoms with Crippen LogP contribution in [0.15, 0.2) is 12.1 Å². The quantitative estimate of drug-likeness (QED) is 0.712. The van der Waals surface area contributed by atoms with Crippen molar-refractivity contribution in [2.24, 2.45) is 0 Å². The van der Waals surface area contributed by atoms with Gasteiger partial charge in [0.2, 0.25) is 5.91 Å². The highest BCUT2D eigenvalue weighted by atomic mass is 16.2. The highest BCUT2D eigenvalue weighted by Gasteiger charge is 2.23. The van der Waals surface area contributed by atoms with Crippen LogP contribution in [0.3, 0.4) is 0 Å². The first kappa shape index (κ1) is 12.9. The molecule has 1 aliphatic heterocycles. The normalized spacial score (nSPS) is 19.1. The Morgan fingerprint density at radius 3 is 2.90 bits per heavy atom. The predicted octanol–water partition coefficient (Wildman–Crippen LogP) is -0.346. The summed E-state index contributed by atoms with van der Waals surface area (Å²) in [6.07, 6.45) is 0.541. The number of amides is 1. The average Bonchev–Trinajstić information content (AvgIpc) is 2.82. The number of hydrogen-bond donors (Lipinski definition) is 3. The molecule has 1 atom stereocenters. The molecule has 3 rings (SSSR count). The van der Waals surface area contributed by atoms with Crippen LogP contribution >= 0.6 is 0 Å². The average molecular weight is 274 g/mol. The zero-order valence-corrected chi connectivity index (χ0v) is 11.6. The minimum absolute atomic E-state index is 0.0265. The van der Waals surface area contributed by atoms with Crippen LogP contribution in [0.4, 0.5) is 5.82 Å². The van der Waals surface area contributed by atoms with E-state index in [1.54, 1.807) is 0 Å². The molecular formula is C13H18N6O. The third-order valence-electron chi connectivity index (χ3n) is 3.37. The van der Waals surface area contributed by atoms with Gasteiger partial charge in [-0.3, -0.25) is 4.79 Å². The number of anilines is 1. The summed E-state index contributed by atoms with van der Waals surface area (Å²) in [5.41, 5.74) is 1.57. The van der Waals surface area contributed by atoms with Gasteiger partial charge in [-0.05, 0) is 12.1 Å². The number of carbonyl (C=O) groups excluding carboxylic acids is 1. The fourth-order valence-electron chi connectivity index (χ4n) is 2.28. The van der Waals surface area contributed by atoms with Crippen LogP contribution in [0.2, 0.25) is 0 Å². The molecule has 0 spiro atoms. The molecule has 7 nitrogen and oxygen atoms in total. The molecule has 7 heteroatoms. The third-order valence-corrected chi connectivity index (χ3v) is 3.37. The van der Waals surface area contributed by atoms with E-state index in [2.05, 4.69) is 25.6 Å². The van der Waals surface area contributed by atoms with Crippen molar-refractivity contribution in [2.75, 3.05) is 32.1 Å². The van der Waals surface area contributed by atoms with Crippen molar-refractivity contribution in [2.45, 2.75) is 12.5 Å². The SMILES string of the molecule is CN(C)c1ccc2[nH]c(CC3NCCNC3=O)nc2n1. The monoisotopic (exact) mass is 274 g/mol. The van der Waals surface area contributed by atoms with E-state index in [9.17, 15) is 4.79 Å². The molecule has 1 aliphatic rings. The number of aromatic nitrogens is 3. The molecule has 0 radical (unpaired) electrons.